The molecule has 0 saturated heterocycles. The number of benzene rings is 6. The molecule has 0 bridgehead atoms. The molecule has 10 heteroatoms. The summed E-state index contributed by atoms with van der Waals surface area (Å²) < 4.78 is 60.4. The van der Waals surface area contributed by atoms with Crippen LogP contribution in [-0.4, -0.2) is 0 Å². The molecule has 250 valence electrons. The van der Waals surface area contributed by atoms with Gasteiger partial charge in [-0.1, -0.05) is 109 Å². The average molecular weight is 695 g/mol. The van der Waals surface area contributed by atoms with Crippen molar-refractivity contribution in [3.8, 4) is 34.5 Å². The lowest BCUT2D eigenvalue weighted by Crippen LogP contribution is -2.09. The molecule has 0 unspecified atom stereocenters. The summed E-state index contributed by atoms with van der Waals surface area (Å²) in [5.74, 6) is 2.59. The minimum atomic E-state index is -3.97. The topological polar surface area (TPSA) is 89.5 Å². The van der Waals surface area contributed by atoms with Crippen LogP contribution in [0.15, 0.2) is 164 Å². The Morgan fingerprint density at radius 2 is 0.531 bits per heavy atom. The molecular formula is C39H36O8P2. The number of rotatable bonds is 12. The van der Waals surface area contributed by atoms with Crippen molar-refractivity contribution in [3.05, 3.63) is 180 Å². The monoisotopic (exact) mass is 694 g/mol. The lowest BCUT2D eigenvalue weighted by atomic mass is 10.2. The van der Waals surface area contributed by atoms with Crippen molar-refractivity contribution >= 4 is 15.6 Å². The quantitative estimate of drug-likeness (QED) is 0.117. The number of phosphoric acid groups is 2. The summed E-state index contributed by atoms with van der Waals surface area (Å²) in [4.78, 5) is 0. The Bertz CT molecular complexity index is 1790. The fourth-order valence-corrected chi connectivity index (χ4v) is 6.98. The van der Waals surface area contributed by atoms with Gasteiger partial charge in [0.1, 0.15) is 34.5 Å². The fraction of sp³-hybridized carbons (Fsp3) is 0.0769. The Balaban J connectivity index is 0.000000192. The maximum atomic E-state index is 13.5. The standard InChI is InChI=1S/C21H21O4P.C18H15O4P/c1-16-10-4-7-13-19(16)23-26(22,24-20-14-8-5-11-17(20)2)25-21-15-9-6-12-18(21)3;19-23(20-16-10-4-1-5-11-16,21-17-12-6-2-7-13-17)22-18-14-8-3-9-15-18/h4-15H,1-3H3;1-15H. The van der Waals surface area contributed by atoms with Crippen molar-refractivity contribution in [2.75, 3.05) is 0 Å². The average Bonchev–Trinajstić information content (AvgIpc) is 3.09. The highest BCUT2D eigenvalue weighted by molar-refractivity contribution is 7.50. The van der Waals surface area contributed by atoms with Crippen LogP contribution in [0, 0.1) is 20.8 Å². The highest BCUT2D eigenvalue weighted by Gasteiger charge is 2.35. The van der Waals surface area contributed by atoms with Crippen LogP contribution >= 0.6 is 15.6 Å². The predicted molar refractivity (Wildman–Crippen MR) is 192 cm³/mol. The number of aryl methyl sites for hydroxylation is 3. The van der Waals surface area contributed by atoms with Gasteiger partial charge in [0, 0.05) is 0 Å². The van der Waals surface area contributed by atoms with Gasteiger partial charge in [-0.25, -0.2) is 0 Å². The molecule has 6 aromatic carbocycles. The van der Waals surface area contributed by atoms with Crippen LogP contribution < -0.4 is 27.1 Å². The van der Waals surface area contributed by atoms with Crippen LogP contribution in [0.5, 0.6) is 34.5 Å². The molecular weight excluding hydrogens is 658 g/mol. The van der Waals surface area contributed by atoms with E-state index in [0.717, 1.165) is 16.7 Å². The zero-order chi connectivity index (χ0) is 34.5. The van der Waals surface area contributed by atoms with Crippen molar-refractivity contribution in [3.63, 3.8) is 0 Å². The lowest BCUT2D eigenvalue weighted by Gasteiger charge is -2.21. The van der Waals surface area contributed by atoms with Gasteiger partial charge < -0.3 is 27.1 Å². The molecule has 0 heterocycles. The van der Waals surface area contributed by atoms with Gasteiger partial charge in [0.05, 0.1) is 0 Å². The molecule has 0 aromatic heterocycles. The summed E-state index contributed by atoms with van der Waals surface area (Å²) in [6, 6.07) is 48.3. The molecule has 6 aromatic rings. The minimum Gasteiger partial charge on any atom is -0.386 e. The molecule has 0 aliphatic carbocycles. The van der Waals surface area contributed by atoms with Crippen LogP contribution in [0.2, 0.25) is 0 Å². The second kappa shape index (κ2) is 16.6. The summed E-state index contributed by atoms with van der Waals surface area (Å²) in [5, 5.41) is 0. The fourth-order valence-electron chi connectivity index (χ4n) is 4.28. The summed E-state index contributed by atoms with van der Waals surface area (Å²) in [6.07, 6.45) is 0. The molecule has 0 aliphatic heterocycles. The predicted octanol–water partition coefficient (Wildman–Crippen LogP) is 11.6. The third-order valence-corrected chi connectivity index (χ3v) is 9.36. The van der Waals surface area contributed by atoms with E-state index < -0.39 is 15.6 Å². The first-order valence-corrected chi connectivity index (χ1v) is 18.3. The Labute approximate surface area is 287 Å². The molecule has 0 spiro atoms. The van der Waals surface area contributed by atoms with Crippen LogP contribution in [0.4, 0.5) is 0 Å². The number of hydrogen-bond acceptors (Lipinski definition) is 8. The molecule has 0 atom stereocenters. The summed E-state index contributed by atoms with van der Waals surface area (Å²) in [7, 11) is -7.85. The number of hydrogen-bond donors (Lipinski definition) is 0. The molecule has 49 heavy (non-hydrogen) atoms. The van der Waals surface area contributed by atoms with Crippen molar-refractivity contribution in [1.82, 2.24) is 0 Å². The summed E-state index contributed by atoms with van der Waals surface area (Å²) in [5.41, 5.74) is 2.53. The molecule has 0 saturated carbocycles. The first-order valence-electron chi connectivity index (χ1n) is 15.4. The van der Waals surface area contributed by atoms with Gasteiger partial charge in [-0.05, 0) is 92.1 Å². The molecule has 8 nitrogen and oxygen atoms in total. The van der Waals surface area contributed by atoms with E-state index in [4.69, 9.17) is 27.1 Å². The third-order valence-electron chi connectivity index (χ3n) is 6.79. The third kappa shape index (κ3) is 10.5. The van der Waals surface area contributed by atoms with E-state index in [-0.39, 0.29) is 0 Å². The normalized spacial score (nSPS) is 10.9. The van der Waals surface area contributed by atoms with Crippen LogP contribution in [0.25, 0.3) is 0 Å². The van der Waals surface area contributed by atoms with Crippen LogP contribution in [0.3, 0.4) is 0 Å². The van der Waals surface area contributed by atoms with Crippen molar-refractivity contribution < 1.29 is 36.3 Å². The zero-order valence-electron chi connectivity index (χ0n) is 27.2. The van der Waals surface area contributed by atoms with Gasteiger partial charge in [-0.3, -0.25) is 0 Å². The highest BCUT2D eigenvalue weighted by Crippen LogP contribution is 2.52. The number of phosphoric ester groups is 2. The van der Waals surface area contributed by atoms with E-state index in [0.29, 0.717) is 34.5 Å². The maximum Gasteiger partial charge on any atom is 0.647 e. The smallest absolute Gasteiger partial charge is 0.386 e. The first kappa shape index (κ1) is 34.9. The van der Waals surface area contributed by atoms with E-state index >= 15 is 0 Å². The van der Waals surface area contributed by atoms with Crippen molar-refractivity contribution in [2.24, 2.45) is 0 Å². The van der Waals surface area contributed by atoms with E-state index in [1.54, 1.807) is 91.0 Å². The highest BCUT2D eigenvalue weighted by atomic mass is 31.2. The van der Waals surface area contributed by atoms with Gasteiger partial charge in [-0.2, -0.15) is 9.13 Å². The minimum absolute atomic E-state index is 0.405. The maximum absolute atomic E-state index is 13.5. The van der Waals surface area contributed by atoms with Gasteiger partial charge in [-0.15, -0.1) is 0 Å². The lowest BCUT2D eigenvalue weighted by molar-refractivity contribution is 0.295. The Hall–Kier alpha value is -5.42. The van der Waals surface area contributed by atoms with Gasteiger partial charge in [0.15, 0.2) is 0 Å². The molecule has 6 rings (SSSR count). The van der Waals surface area contributed by atoms with Gasteiger partial charge in [0.2, 0.25) is 0 Å². The molecule has 0 amide bonds. The van der Waals surface area contributed by atoms with Crippen LogP contribution in [-0.2, 0) is 9.13 Å². The summed E-state index contributed by atoms with van der Waals surface area (Å²) >= 11 is 0. The van der Waals surface area contributed by atoms with Gasteiger partial charge in [0.25, 0.3) is 0 Å². The van der Waals surface area contributed by atoms with E-state index in [1.165, 1.54) is 0 Å². The van der Waals surface area contributed by atoms with E-state index in [9.17, 15) is 9.13 Å². The van der Waals surface area contributed by atoms with Crippen LogP contribution in [0.1, 0.15) is 16.7 Å². The Morgan fingerprint density at radius 3 is 0.796 bits per heavy atom. The molecule has 0 N–H and O–H groups in total. The second-order valence-corrected chi connectivity index (χ2v) is 13.6. The second-order valence-electron chi connectivity index (χ2n) is 10.7. The Morgan fingerprint density at radius 1 is 0.306 bits per heavy atom. The van der Waals surface area contributed by atoms with Crippen molar-refractivity contribution in [1.29, 1.82) is 0 Å². The van der Waals surface area contributed by atoms with E-state index in [1.807, 2.05) is 93.6 Å². The first-order chi connectivity index (χ1) is 23.7. The number of para-hydroxylation sites is 6. The van der Waals surface area contributed by atoms with E-state index in [2.05, 4.69) is 0 Å². The van der Waals surface area contributed by atoms with Gasteiger partial charge >= 0.3 is 15.6 Å². The molecule has 0 aliphatic rings. The Kier molecular flexibility index (Phi) is 11.8. The SMILES string of the molecule is Cc1ccccc1OP(=O)(Oc1ccccc1C)Oc1ccccc1C.O=P(Oc1ccccc1)(Oc1ccccc1)Oc1ccccc1. The largest absolute Gasteiger partial charge is 0.647 e. The zero-order valence-corrected chi connectivity index (χ0v) is 29.0. The summed E-state index contributed by atoms with van der Waals surface area (Å²) in [6.45, 7) is 5.63. The van der Waals surface area contributed by atoms with Crippen molar-refractivity contribution in [2.45, 2.75) is 20.8 Å². The molecule has 0 fully saturated rings. The molecule has 0 radical (unpaired) electrons.